The topological polar surface area (TPSA) is 69.6 Å². The Hall–Kier alpha value is -0.620. The van der Waals surface area contributed by atoms with Gasteiger partial charge in [-0.3, -0.25) is 4.79 Å². The summed E-state index contributed by atoms with van der Waals surface area (Å²) in [5.41, 5.74) is -0.994. The molecule has 0 unspecified atom stereocenters. The molecule has 3 N–H and O–H groups in total. The molecule has 1 aromatic heterocycles. The largest absolute Gasteiger partial charge is 0.394 e. The van der Waals surface area contributed by atoms with E-state index in [1.165, 1.54) is 11.3 Å². The zero-order valence-electron chi connectivity index (χ0n) is 9.74. The van der Waals surface area contributed by atoms with Crippen LogP contribution in [0.2, 0.25) is 4.34 Å². The van der Waals surface area contributed by atoms with Crippen LogP contribution in [0.15, 0.2) is 12.1 Å². The molecule has 1 amide bonds. The number of halogens is 1. The summed E-state index contributed by atoms with van der Waals surface area (Å²) in [6.45, 7) is 2.71. The van der Waals surface area contributed by atoms with Gasteiger partial charge in [0.1, 0.15) is 0 Å². The minimum atomic E-state index is -0.994. The SMILES string of the molecule is C[C@@H](C(=O)NC(C)(CO)CO)c1ccc(Cl)s1. The summed E-state index contributed by atoms with van der Waals surface area (Å²) < 4.78 is 0.631. The van der Waals surface area contributed by atoms with E-state index in [0.29, 0.717) is 4.34 Å². The lowest BCUT2D eigenvalue weighted by Crippen LogP contribution is -2.52. The molecule has 1 atom stereocenters. The molecule has 0 fully saturated rings. The molecule has 0 spiro atoms. The first-order chi connectivity index (χ1) is 7.91. The van der Waals surface area contributed by atoms with Crippen LogP contribution in [0.5, 0.6) is 0 Å². The van der Waals surface area contributed by atoms with Gasteiger partial charge in [0.2, 0.25) is 5.91 Å². The second-order valence-corrected chi connectivity index (χ2v) is 5.98. The predicted octanol–water partition coefficient (Wildman–Crippen LogP) is 1.36. The minimum Gasteiger partial charge on any atom is -0.394 e. The molecule has 1 heterocycles. The van der Waals surface area contributed by atoms with E-state index in [0.717, 1.165) is 4.88 Å². The Balaban J connectivity index is 2.71. The first kappa shape index (κ1) is 14.4. The highest BCUT2D eigenvalue weighted by Crippen LogP contribution is 2.28. The van der Waals surface area contributed by atoms with Gasteiger partial charge >= 0.3 is 0 Å². The minimum absolute atomic E-state index is 0.242. The molecule has 0 saturated carbocycles. The van der Waals surface area contributed by atoms with Crippen LogP contribution in [0.25, 0.3) is 0 Å². The van der Waals surface area contributed by atoms with Crippen LogP contribution in [0.3, 0.4) is 0 Å². The van der Waals surface area contributed by atoms with Gasteiger partial charge in [0.25, 0.3) is 0 Å². The number of rotatable bonds is 5. The molecular weight excluding hydrogens is 262 g/mol. The lowest BCUT2D eigenvalue weighted by molar-refractivity contribution is -0.125. The number of aliphatic hydroxyl groups excluding tert-OH is 2. The Bertz CT molecular complexity index is 390. The molecule has 0 radical (unpaired) electrons. The van der Waals surface area contributed by atoms with Gasteiger partial charge in [0, 0.05) is 4.88 Å². The number of amides is 1. The molecule has 0 aromatic carbocycles. The quantitative estimate of drug-likeness (QED) is 0.761. The van der Waals surface area contributed by atoms with Crippen molar-refractivity contribution in [2.75, 3.05) is 13.2 Å². The maximum Gasteiger partial charge on any atom is 0.228 e. The smallest absolute Gasteiger partial charge is 0.228 e. The van der Waals surface area contributed by atoms with Crippen molar-refractivity contribution in [2.24, 2.45) is 0 Å². The molecule has 17 heavy (non-hydrogen) atoms. The summed E-state index contributed by atoms with van der Waals surface area (Å²) in [7, 11) is 0. The van der Waals surface area contributed by atoms with E-state index in [1.807, 2.05) is 0 Å². The van der Waals surface area contributed by atoms with Crippen LogP contribution in [-0.2, 0) is 4.79 Å². The Labute approximate surface area is 109 Å². The molecule has 4 nitrogen and oxygen atoms in total. The van der Waals surface area contributed by atoms with Gasteiger partial charge in [0.15, 0.2) is 0 Å². The lowest BCUT2D eigenvalue weighted by atomic mass is 10.0. The third-order valence-electron chi connectivity index (χ3n) is 2.54. The average Bonchev–Trinajstić information content (AvgIpc) is 2.74. The number of carbonyl (C=O) groups is 1. The van der Waals surface area contributed by atoms with Gasteiger partial charge in [0.05, 0.1) is 29.0 Å². The van der Waals surface area contributed by atoms with E-state index in [-0.39, 0.29) is 25.0 Å². The second kappa shape index (κ2) is 5.82. The van der Waals surface area contributed by atoms with Crippen LogP contribution < -0.4 is 5.32 Å². The highest BCUT2D eigenvalue weighted by atomic mass is 35.5. The maximum atomic E-state index is 11.9. The fourth-order valence-corrected chi connectivity index (χ4v) is 2.34. The summed E-state index contributed by atoms with van der Waals surface area (Å²) in [6, 6.07) is 3.54. The van der Waals surface area contributed by atoms with Crippen LogP contribution >= 0.6 is 22.9 Å². The van der Waals surface area contributed by atoms with E-state index in [1.54, 1.807) is 26.0 Å². The normalized spacial score (nSPS) is 13.5. The summed E-state index contributed by atoms with van der Waals surface area (Å²) >= 11 is 7.15. The highest BCUT2D eigenvalue weighted by Gasteiger charge is 2.27. The van der Waals surface area contributed by atoms with Crippen LogP contribution in [-0.4, -0.2) is 34.9 Å². The first-order valence-corrected chi connectivity index (χ1v) is 6.40. The van der Waals surface area contributed by atoms with Gasteiger partial charge in [-0.05, 0) is 26.0 Å². The van der Waals surface area contributed by atoms with Gasteiger partial charge in [-0.15, -0.1) is 11.3 Å². The number of hydrogen-bond donors (Lipinski definition) is 3. The fraction of sp³-hybridized carbons (Fsp3) is 0.545. The van der Waals surface area contributed by atoms with Crippen LogP contribution in [0.1, 0.15) is 24.6 Å². The van der Waals surface area contributed by atoms with E-state index in [9.17, 15) is 4.79 Å². The van der Waals surface area contributed by atoms with Crippen LogP contribution in [0.4, 0.5) is 0 Å². The second-order valence-electron chi connectivity index (χ2n) is 4.23. The maximum absolute atomic E-state index is 11.9. The zero-order valence-corrected chi connectivity index (χ0v) is 11.3. The van der Waals surface area contributed by atoms with E-state index >= 15 is 0 Å². The number of aliphatic hydroxyl groups is 2. The summed E-state index contributed by atoms with van der Waals surface area (Å²) in [5.74, 6) is -0.598. The Morgan fingerprint density at radius 3 is 2.53 bits per heavy atom. The summed E-state index contributed by atoms with van der Waals surface area (Å²) in [6.07, 6.45) is 0. The van der Waals surface area contributed by atoms with Gasteiger partial charge < -0.3 is 15.5 Å². The Kier molecular flexibility index (Phi) is 4.94. The van der Waals surface area contributed by atoms with Crippen molar-refractivity contribution in [1.82, 2.24) is 5.32 Å². The zero-order chi connectivity index (χ0) is 13.1. The number of carbonyl (C=O) groups excluding carboxylic acids is 1. The summed E-state index contributed by atoms with van der Waals surface area (Å²) in [4.78, 5) is 12.8. The standard InChI is InChI=1S/C11H16ClNO3S/c1-7(8-3-4-9(12)17-8)10(16)13-11(2,5-14)6-15/h3-4,7,14-15H,5-6H2,1-2H3,(H,13,16)/t7-/m1/s1. The number of thiophene rings is 1. The Morgan fingerprint density at radius 2 is 2.12 bits per heavy atom. The van der Waals surface area contributed by atoms with E-state index in [4.69, 9.17) is 21.8 Å². The Morgan fingerprint density at radius 1 is 1.53 bits per heavy atom. The van der Waals surface area contributed by atoms with Crippen molar-refractivity contribution in [1.29, 1.82) is 0 Å². The van der Waals surface area contributed by atoms with Gasteiger partial charge in [-0.25, -0.2) is 0 Å². The molecule has 0 aliphatic rings. The third kappa shape index (κ3) is 3.67. The molecule has 0 bridgehead atoms. The predicted molar refractivity (Wildman–Crippen MR) is 68.5 cm³/mol. The average molecular weight is 278 g/mol. The number of nitrogens with one attached hydrogen (secondary N) is 1. The molecule has 0 aliphatic heterocycles. The molecule has 6 heteroatoms. The first-order valence-electron chi connectivity index (χ1n) is 5.21. The molecule has 1 aromatic rings. The van der Waals surface area contributed by atoms with Crippen LogP contribution in [0, 0.1) is 0 Å². The van der Waals surface area contributed by atoms with Crippen molar-refractivity contribution in [3.63, 3.8) is 0 Å². The van der Waals surface area contributed by atoms with Crippen molar-refractivity contribution in [3.8, 4) is 0 Å². The number of hydrogen-bond acceptors (Lipinski definition) is 4. The third-order valence-corrected chi connectivity index (χ3v) is 3.95. The van der Waals surface area contributed by atoms with Crippen molar-refractivity contribution >= 4 is 28.8 Å². The molecule has 0 aliphatic carbocycles. The van der Waals surface area contributed by atoms with Gasteiger partial charge in [-0.2, -0.15) is 0 Å². The lowest BCUT2D eigenvalue weighted by Gasteiger charge is -2.27. The van der Waals surface area contributed by atoms with E-state index in [2.05, 4.69) is 5.32 Å². The molecule has 96 valence electrons. The van der Waals surface area contributed by atoms with E-state index < -0.39 is 5.54 Å². The fourth-order valence-electron chi connectivity index (χ4n) is 1.22. The highest BCUT2D eigenvalue weighted by molar-refractivity contribution is 7.16. The monoisotopic (exact) mass is 277 g/mol. The summed E-state index contributed by atoms with van der Waals surface area (Å²) in [5, 5.41) is 20.8. The molecule has 1 rings (SSSR count). The van der Waals surface area contributed by atoms with Gasteiger partial charge in [-0.1, -0.05) is 11.6 Å². The van der Waals surface area contributed by atoms with Crippen molar-refractivity contribution < 1.29 is 15.0 Å². The van der Waals surface area contributed by atoms with Crippen molar-refractivity contribution in [3.05, 3.63) is 21.3 Å². The van der Waals surface area contributed by atoms with Crippen molar-refractivity contribution in [2.45, 2.75) is 25.3 Å². The molecule has 0 saturated heterocycles. The molecular formula is C11H16ClNO3S.